The van der Waals surface area contributed by atoms with Gasteiger partial charge in [0.1, 0.15) is 29.3 Å². The molecule has 6 N–H and O–H groups in total. The first kappa shape index (κ1) is 24.9. The highest BCUT2D eigenvalue weighted by atomic mass is 32.1. The number of aromatic nitrogens is 1. The number of benzene rings is 3. The molecule has 0 radical (unpaired) electrons. The summed E-state index contributed by atoms with van der Waals surface area (Å²) in [5.41, 5.74) is 4.05. The van der Waals surface area contributed by atoms with Crippen LogP contribution in [0, 0.1) is 0 Å². The van der Waals surface area contributed by atoms with Gasteiger partial charge in [0.2, 0.25) is 0 Å². The minimum Gasteiger partial charge on any atom is -0.506 e. The number of methoxy groups -OCH3 is 1. The second-order valence-corrected chi connectivity index (χ2v) is 9.24. The van der Waals surface area contributed by atoms with Crippen LogP contribution in [0.25, 0.3) is 10.2 Å². The second kappa shape index (κ2) is 11.5. The van der Waals surface area contributed by atoms with Crippen molar-refractivity contribution in [2.24, 2.45) is 0 Å². The molecule has 4 rings (SSSR count). The molecule has 0 aliphatic carbocycles. The van der Waals surface area contributed by atoms with E-state index in [2.05, 4.69) is 33.8 Å². The van der Waals surface area contributed by atoms with Crippen LogP contribution in [0.4, 0.5) is 0 Å². The van der Waals surface area contributed by atoms with Crippen molar-refractivity contribution in [3.05, 3.63) is 92.6 Å². The third-order valence-corrected chi connectivity index (χ3v) is 6.69. The van der Waals surface area contributed by atoms with E-state index in [0.29, 0.717) is 23.2 Å². The lowest BCUT2D eigenvalue weighted by atomic mass is 10.1. The van der Waals surface area contributed by atoms with E-state index in [-0.39, 0.29) is 16.1 Å². The van der Waals surface area contributed by atoms with Crippen LogP contribution in [0.3, 0.4) is 0 Å². The van der Waals surface area contributed by atoms with Crippen LogP contribution in [0.2, 0.25) is 0 Å². The van der Waals surface area contributed by atoms with Gasteiger partial charge in [-0.25, -0.2) is 0 Å². The minimum atomic E-state index is -1.25. The molecule has 0 spiro atoms. The number of hydrogen-bond donors (Lipinski definition) is 6. The molecule has 0 saturated heterocycles. The van der Waals surface area contributed by atoms with Crippen molar-refractivity contribution >= 4 is 21.6 Å². The van der Waals surface area contributed by atoms with Crippen LogP contribution in [-0.4, -0.2) is 40.2 Å². The van der Waals surface area contributed by atoms with Crippen molar-refractivity contribution in [1.82, 2.24) is 15.6 Å². The summed E-state index contributed by atoms with van der Waals surface area (Å²) in [5.74, 6) is 0.763. The maximum absolute atomic E-state index is 11.7. The Morgan fingerprint density at radius 2 is 1.71 bits per heavy atom. The third-order valence-electron chi connectivity index (χ3n) is 5.76. The Balaban J connectivity index is 1.29. The predicted molar refractivity (Wildman–Crippen MR) is 137 cm³/mol. The Labute approximate surface area is 206 Å². The zero-order chi connectivity index (χ0) is 24.8. The van der Waals surface area contributed by atoms with Gasteiger partial charge in [0.05, 0.1) is 11.8 Å². The number of phenolic OH excluding ortho intramolecular Hbond substituents is 1. The summed E-state index contributed by atoms with van der Waals surface area (Å²) in [6.07, 6.45) is -1.82. The number of aromatic amines is 1. The second-order valence-electron chi connectivity index (χ2n) is 8.26. The molecule has 184 valence electrons. The molecule has 0 aliphatic rings. The van der Waals surface area contributed by atoms with Gasteiger partial charge in [-0.15, -0.1) is 0 Å². The number of aliphatic hydroxyl groups excluding tert-OH is 2. The fraction of sp³-hybridized carbons (Fsp3) is 0.269. The van der Waals surface area contributed by atoms with Gasteiger partial charge in [-0.1, -0.05) is 53.8 Å². The zero-order valence-corrected chi connectivity index (χ0v) is 20.1. The van der Waals surface area contributed by atoms with Crippen molar-refractivity contribution < 1.29 is 20.1 Å². The lowest BCUT2D eigenvalue weighted by Crippen LogP contribution is -2.36. The smallest absolute Gasteiger partial charge is 0.305 e. The topological polar surface area (TPSA) is 127 Å². The molecule has 0 saturated carbocycles. The normalized spacial score (nSPS) is 13.1. The number of H-pyrrole nitrogens is 1. The van der Waals surface area contributed by atoms with Gasteiger partial charge in [-0.05, 0) is 41.3 Å². The number of thiazole rings is 1. The Kier molecular flexibility index (Phi) is 8.17. The monoisotopic (exact) mass is 495 g/mol. The summed E-state index contributed by atoms with van der Waals surface area (Å²) < 4.78 is 5.69. The summed E-state index contributed by atoms with van der Waals surface area (Å²) in [7, 11) is 1.66. The Morgan fingerprint density at radius 3 is 2.49 bits per heavy atom. The van der Waals surface area contributed by atoms with Gasteiger partial charge in [-0.3, -0.25) is 10.1 Å². The molecule has 3 aromatic carbocycles. The van der Waals surface area contributed by atoms with Gasteiger partial charge in [0, 0.05) is 25.2 Å². The van der Waals surface area contributed by atoms with Gasteiger partial charge in [0.25, 0.3) is 0 Å². The molecule has 0 amide bonds. The van der Waals surface area contributed by atoms with E-state index in [4.69, 9.17) is 4.74 Å². The summed E-state index contributed by atoms with van der Waals surface area (Å²) in [6.45, 7) is 1.90. The standard InChI is InChI=1S/C26H29N3O5S/c1-34-19-7-3-6-18(13-19)15-27-14-17-5-2-4-16(12-17)10-11-28-25(32)23(31)20-8-9-21(30)22-24(20)35-26(33)29-22/h2-9,12-13,23,25,27-28,30-32H,10-11,14-15H2,1H3,(H,29,33). The summed E-state index contributed by atoms with van der Waals surface area (Å²) in [5, 5.41) is 37.4. The molecule has 2 atom stereocenters. The van der Waals surface area contributed by atoms with E-state index in [1.807, 2.05) is 30.3 Å². The lowest BCUT2D eigenvalue weighted by Gasteiger charge is -2.20. The molecular formula is C26H29N3O5S. The lowest BCUT2D eigenvalue weighted by molar-refractivity contribution is -0.00168. The predicted octanol–water partition coefficient (Wildman–Crippen LogP) is 2.78. The van der Waals surface area contributed by atoms with Crippen molar-refractivity contribution in [1.29, 1.82) is 0 Å². The van der Waals surface area contributed by atoms with Crippen LogP contribution in [0.5, 0.6) is 11.5 Å². The first-order valence-corrected chi connectivity index (χ1v) is 12.1. The number of hydrogen-bond acceptors (Lipinski definition) is 8. The molecule has 0 bridgehead atoms. The number of nitrogens with one attached hydrogen (secondary N) is 3. The average molecular weight is 496 g/mol. The quantitative estimate of drug-likeness (QED) is 0.177. The van der Waals surface area contributed by atoms with Crippen molar-refractivity contribution in [3.8, 4) is 11.5 Å². The Morgan fingerprint density at radius 1 is 1.00 bits per heavy atom. The highest BCUT2D eigenvalue weighted by molar-refractivity contribution is 7.16. The van der Waals surface area contributed by atoms with E-state index in [1.165, 1.54) is 12.1 Å². The molecule has 1 heterocycles. The molecule has 0 fully saturated rings. The maximum Gasteiger partial charge on any atom is 0.305 e. The SMILES string of the molecule is COc1cccc(CNCc2cccc(CCNC(O)C(O)c3ccc(O)c4[nH]c(=O)sc34)c2)c1. The van der Waals surface area contributed by atoms with Crippen LogP contribution in [-0.2, 0) is 19.5 Å². The molecule has 35 heavy (non-hydrogen) atoms. The van der Waals surface area contributed by atoms with E-state index in [1.54, 1.807) is 7.11 Å². The van der Waals surface area contributed by atoms with Gasteiger partial charge >= 0.3 is 4.87 Å². The zero-order valence-electron chi connectivity index (χ0n) is 19.3. The number of aromatic hydroxyl groups is 1. The summed E-state index contributed by atoms with van der Waals surface area (Å²) >= 11 is 0.886. The third kappa shape index (κ3) is 6.27. The fourth-order valence-electron chi connectivity index (χ4n) is 3.95. The first-order valence-electron chi connectivity index (χ1n) is 11.3. The number of phenols is 1. The first-order chi connectivity index (χ1) is 16.9. The molecule has 4 aromatic rings. The summed E-state index contributed by atoms with van der Waals surface area (Å²) in [4.78, 5) is 13.9. The maximum atomic E-state index is 11.7. The Hall–Kier alpha value is -3.21. The number of fused-ring (bicyclic) bond motifs is 1. The highest BCUT2D eigenvalue weighted by Crippen LogP contribution is 2.32. The Bertz CT molecular complexity index is 1340. The van der Waals surface area contributed by atoms with E-state index in [9.17, 15) is 20.1 Å². The molecule has 8 nitrogen and oxygen atoms in total. The van der Waals surface area contributed by atoms with Gasteiger partial charge < -0.3 is 30.4 Å². The molecule has 1 aromatic heterocycles. The molecule has 2 unspecified atom stereocenters. The largest absolute Gasteiger partial charge is 0.506 e. The number of rotatable bonds is 11. The molecule has 0 aliphatic heterocycles. The van der Waals surface area contributed by atoms with Crippen molar-refractivity contribution in [2.75, 3.05) is 13.7 Å². The summed E-state index contributed by atoms with van der Waals surface area (Å²) in [6, 6.07) is 19.1. The molecule has 9 heteroatoms. The molecular weight excluding hydrogens is 466 g/mol. The van der Waals surface area contributed by atoms with Crippen LogP contribution < -0.4 is 20.2 Å². The minimum absolute atomic E-state index is 0.0744. The van der Waals surface area contributed by atoms with Crippen LogP contribution in [0.1, 0.15) is 28.4 Å². The van der Waals surface area contributed by atoms with E-state index < -0.39 is 12.3 Å². The van der Waals surface area contributed by atoms with Gasteiger partial charge in [0.15, 0.2) is 0 Å². The van der Waals surface area contributed by atoms with Crippen LogP contribution >= 0.6 is 11.3 Å². The number of ether oxygens (including phenoxy) is 1. The van der Waals surface area contributed by atoms with Crippen molar-refractivity contribution in [2.45, 2.75) is 31.8 Å². The van der Waals surface area contributed by atoms with Crippen molar-refractivity contribution in [3.63, 3.8) is 0 Å². The van der Waals surface area contributed by atoms with Gasteiger partial charge in [-0.2, -0.15) is 0 Å². The fourth-order valence-corrected chi connectivity index (χ4v) is 4.85. The van der Waals surface area contributed by atoms with E-state index in [0.717, 1.165) is 46.9 Å². The number of aliphatic hydroxyl groups is 2. The van der Waals surface area contributed by atoms with E-state index >= 15 is 0 Å². The van der Waals surface area contributed by atoms with Crippen LogP contribution in [0.15, 0.2) is 65.5 Å². The average Bonchev–Trinajstić information content (AvgIpc) is 3.26. The highest BCUT2D eigenvalue weighted by Gasteiger charge is 2.22.